The van der Waals surface area contributed by atoms with Crippen molar-refractivity contribution in [1.82, 2.24) is 9.88 Å². The number of carbonyl (C=O) groups excluding carboxylic acids is 2. The van der Waals surface area contributed by atoms with Crippen LogP contribution in [0.3, 0.4) is 0 Å². The molecule has 11 nitrogen and oxygen atoms in total. The highest BCUT2D eigenvalue weighted by Gasteiger charge is 2.23. The zero-order chi connectivity index (χ0) is 31.9. The molecular formula is C35H38N6O5. The van der Waals surface area contributed by atoms with Gasteiger partial charge in [0.15, 0.2) is 11.5 Å². The van der Waals surface area contributed by atoms with E-state index >= 15 is 0 Å². The van der Waals surface area contributed by atoms with E-state index in [-0.39, 0.29) is 12.7 Å². The Kier molecular flexibility index (Phi) is 9.49. The summed E-state index contributed by atoms with van der Waals surface area (Å²) in [6.45, 7) is 4.72. The number of nitrogens with zero attached hydrogens (tertiary/aromatic N) is 4. The van der Waals surface area contributed by atoms with Crippen LogP contribution in [-0.4, -0.2) is 75.1 Å². The van der Waals surface area contributed by atoms with Gasteiger partial charge >= 0.3 is 6.09 Å². The van der Waals surface area contributed by atoms with Crippen LogP contribution in [0.4, 0.5) is 22.0 Å². The predicted molar refractivity (Wildman–Crippen MR) is 178 cm³/mol. The van der Waals surface area contributed by atoms with Crippen LogP contribution in [0.2, 0.25) is 0 Å². The topological polar surface area (TPSA) is 122 Å². The van der Waals surface area contributed by atoms with Crippen LogP contribution in [0, 0.1) is 0 Å². The van der Waals surface area contributed by atoms with E-state index in [0.29, 0.717) is 48.8 Å². The van der Waals surface area contributed by atoms with E-state index in [0.717, 1.165) is 54.4 Å². The third-order valence-corrected chi connectivity index (χ3v) is 8.18. The van der Waals surface area contributed by atoms with E-state index in [2.05, 4.69) is 32.2 Å². The number of benzene rings is 3. The number of piperazine rings is 1. The third-order valence-electron chi connectivity index (χ3n) is 8.18. The molecule has 0 radical (unpaired) electrons. The molecule has 1 fully saturated rings. The number of nitrogens with one attached hydrogen (secondary N) is 1. The van der Waals surface area contributed by atoms with Crippen molar-refractivity contribution in [3.05, 3.63) is 96.2 Å². The normalized spacial score (nSPS) is 13.8. The fourth-order valence-electron chi connectivity index (χ4n) is 5.79. The number of methoxy groups -OCH3 is 1. The SMILES string of the molecule is COC(=O)Nc1cc(-c2cccc(CN(CCCN)C(=O)c3ccc4c(c3)OCO4)c2)ccc1N1CCN(c2ccccn2)CC1. The summed E-state index contributed by atoms with van der Waals surface area (Å²) < 4.78 is 15.8. The van der Waals surface area contributed by atoms with Gasteiger partial charge in [0.25, 0.3) is 5.91 Å². The number of hydrogen-bond donors (Lipinski definition) is 2. The summed E-state index contributed by atoms with van der Waals surface area (Å²) in [6.07, 6.45) is 1.95. The van der Waals surface area contributed by atoms with E-state index in [9.17, 15) is 9.59 Å². The first-order chi connectivity index (χ1) is 22.5. The quantitative estimate of drug-likeness (QED) is 0.252. The molecule has 3 heterocycles. The standard InChI is InChI=1S/C35H38N6O5/c1-44-35(43)38-29-21-27(9-11-30(29)39-16-18-40(19-17-39)33-8-2-3-14-37-33)26-7-4-6-25(20-26)23-41(15-5-13-36)34(42)28-10-12-31-32(22-28)46-24-45-31/h2-4,6-12,14,20-22H,5,13,15-19,23-24,36H2,1H3,(H,38,43). The second kappa shape index (κ2) is 14.2. The van der Waals surface area contributed by atoms with Gasteiger partial charge in [-0.2, -0.15) is 0 Å². The monoisotopic (exact) mass is 622 g/mol. The van der Waals surface area contributed by atoms with Crippen LogP contribution in [-0.2, 0) is 11.3 Å². The molecule has 4 aromatic rings. The van der Waals surface area contributed by atoms with Crippen LogP contribution in [0.5, 0.6) is 11.5 Å². The Bertz CT molecular complexity index is 1680. The van der Waals surface area contributed by atoms with Crippen molar-refractivity contribution in [1.29, 1.82) is 0 Å². The Hall–Kier alpha value is -5.29. The zero-order valence-electron chi connectivity index (χ0n) is 25.9. The Balaban J connectivity index is 1.22. The minimum Gasteiger partial charge on any atom is -0.454 e. The minimum absolute atomic E-state index is 0.103. The van der Waals surface area contributed by atoms with Crippen molar-refractivity contribution in [2.24, 2.45) is 5.73 Å². The largest absolute Gasteiger partial charge is 0.454 e. The highest BCUT2D eigenvalue weighted by Crippen LogP contribution is 2.35. The summed E-state index contributed by atoms with van der Waals surface area (Å²) in [7, 11) is 1.36. The fourth-order valence-corrected chi connectivity index (χ4v) is 5.79. The number of fused-ring (bicyclic) bond motifs is 1. The molecule has 6 rings (SSSR count). The van der Waals surface area contributed by atoms with E-state index in [1.165, 1.54) is 7.11 Å². The van der Waals surface area contributed by atoms with Crippen molar-refractivity contribution in [2.75, 3.05) is 68.3 Å². The highest BCUT2D eigenvalue weighted by molar-refractivity contribution is 5.95. The molecule has 0 bridgehead atoms. The van der Waals surface area contributed by atoms with Gasteiger partial charge in [0.2, 0.25) is 6.79 Å². The fraction of sp³-hybridized carbons (Fsp3) is 0.286. The van der Waals surface area contributed by atoms with E-state index in [1.807, 2.05) is 54.7 Å². The molecular weight excluding hydrogens is 584 g/mol. The van der Waals surface area contributed by atoms with Gasteiger partial charge in [0.05, 0.1) is 18.5 Å². The average molecular weight is 623 g/mol. The molecule has 0 unspecified atom stereocenters. The number of rotatable bonds is 10. The molecule has 2 aliphatic heterocycles. The summed E-state index contributed by atoms with van der Waals surface area (Å²) in [5, 5.41) is 2.92. The first kappa shape index (κ1) is 30.7. The van der Waals surface area contributed by atoms with Gasteiger partial charge in [-0.3, -0.25) is 10.1 Å². The van der Waals surface area contributed by atoms with Crippen LogP contribution in [0.15, 0.2) is 85.1 Å². The number of pyridine rings is 1. The molecule has 11 heteroatoms. The second-order valence-electron chi connectivity index (χ2n) is 11.1. The van der Waals surface area contributed by atoms with Gasteiger partial charge in [0, 0.05) is 51.0 Å². The van der Waals surface area contributed by atoms with E-state index in [4.69, 9.17) is 19.9 Å². The Morgan fingerprint density at radius 2 is 1.72 bits per heavy atom. The summed E-state index contributed by atoms with van der Waals surface area (Å²) in [6, 6.07) is 25.4. The van der Waals surface area contributed by atoms with Gasteiger partial charge in [0.1, 0.15) is 5.82 Å². The predicted octanol–water partition coefficient (Wildman–Crippen LogP) is 4.97. The van der Waals surface area contributed by atoms with Gasteiger partial charge in [-0.15, -0.1) is 0 Å². The third kappa shape index (κ3) is 7.00. The van der Waals surface area contributed by atoms with Crippen molar-refractivity contribution in [3.8, 4) is 22.6 Å². The summed E-state index contributed by atoms with van der Waals surface area (Å²) in [4.78, 5) is 36.8. The molecule has 0 saturated carbocycles. The molecule has 2 aliphatic rings. The summed E-state index contributed by atoms with van der Waals surface area (Å²) in [5.41, 5.74) is 10.8. The Labute approximate surface area is 268 Å². The molecule has 0 spiro atoms. The maximum absolute atomic E-state index is 13.6. The Morgan fingerprint density at radius 3 is 2.50 bits per heavy atom. The van der Waals surface area contributed by atoms with Gasteiger partial charge in [-0.05, 0) is 78.2 Å². The molecule has 2 amide bonds. The smallest absolute Gasteiger partial charge is 0.411 e. The van der Waals surface area contributed by atoms with Crippen molar-refractivity contribution in [2.45, 2.75) is 13.0 Å². The molecule has 1 saturated heterocycles. The second-order valence-corrected chi connectivity index (χ2v) is 11.1. The number of amides is 2. The van der Waals surface area contributed by atoms with Crippen LogP contribution in [0.1, 0.15) is 22.3 Å². The van der Waals surface area contributed by atoms with Crippen LogP contribution in [0.25, 0.3) is 11.1 Å². The van der Waals surface area contributed by atoms with E-state index in [1.54, 1.807) is 23.1 Å². The van der Waals surface area contributed by atoms with E-state index < -0.39 is 6.09 Å². The highest BCUT2D eigenvalue weighted by atomic mass is 16.7. The number of anilines is 3. The Morgan fingerprint density at radius 1 is 0.913 bits per heavy atom. The molecule has 1 aromatic heterocycles. The van der Waals surface area contributed by atoms with Gasteiger partial charge in [-0.25, -0.2) is 9.78 Å². The lowest BCUT2D eigenvalue weighted by Gasteiger charge is -2.37. The number of hydrogen-bond acceptors (Lipinski definition) is 9. The lowest BCUT2D eigenvalue weighted by Crippen LogP contribution is -2.47. The minimum atomic E-state index is -0.531. The van der Waals surface area contributed by atoms with Gasteiger partial charge < -0.3 is 34.6 Å². The molecule has 0 aliphatic carbocycles. The molecule has 3 aromatic carbocycles. The summed E-state index contributed by atoms with van der Waals surface area (Å²) in [5.74, 6) is 2.07. The number of carbonyl (C=O) groups is 2. The van der Waals surface area contributed by atoms with Crippen molar-refractivity contribution >= 4 is 29.2 Å². The lowest BCUT2D eigenvalue weighted by atomic mass is 10.0. The molecule has 46 heavy (non-hydrogen) atoms. The number of aromatic nitrogens is 1. The van der Waals surface area contributed by atoms with Crippen molar-refractivity contribution < 1.29 is 23.8 Å². The first-order valence-electron chi connectivity index (χ1n) is 15.4. The number of nitrogens with two attached hydrogens (primary N) is 1. The molecule has 0 atom stereocenters. The summed E-state index contributed by atoms with van der Waals surface area (Å²) >= 11 is 0. The molecule has 238 valence electrons. The average Bonchev–Trinajstić information content (AvgIpc) is 3.58. The maximum atomic E-state index is 13.6. The number of ether oxygens (including phenoxy) is 3. The van der Waals surface area contributed by atoms with Gasteiger partial charge in [-0.1, -0.05) is 30.3 Å². The zero-order valence-corrected chi connectivity index (χ0v) is 25.9. The van der Waals surface area contributed by atoms with Crippen LogP contribution >= 0.6 is 0 Å². The lowest BCUT2D eigenvalue weighted by molar-refractivity contribution is 0.0741. The first-order valence-corrected chi connectivity index (χ1v) is 15.4. The maximum Gasteiger partial charge on any atom is 0.411 e. The molecule has 3 N–H and O–H groups in total. The van der Waals surface area contributed by atoms with Crippen LogP contribution < -0.4 is 30.3 Å². The van der Waals surface area contributed by atoms with Crippen molar-refractivity contribution in [3.63, 3.8) is 0 Å².